The van der Waals surface area contributed by atoms with Gasteiger partial charge in [-0.2, -0.15) is 0 Å². The molecular weight excluding hydrogens is 396 g/mol. The second-order valence-electron chi connectivity index (χ2n) is 8.68. The second kappa shape index (κ2) is 8.83. The fraction of sp³-hybridized carbons (Fsp3) is 0.214. The van der Waals surface area contributed by atoms with Crippen LogP contribution in [0.4, 0.5) is 0 Å². The molecule has 2 N–H and O–H groups in total. The van der Waals surface area contributed by atoms with Crippen molar-refractivity contribution >= 4 is 5.78 Å². The van der Waals surface area contributed by atoms with Gasteiger partial charge in [0.2, 0.25) is 5.78 Å². The van der Waals surface area contributed by atoms with Crippen molar-refractivity contribution in [1.29, 1.82) is 0 Å². The number of nitrogens with one attached hydrogen (secondary N) is 1. The number of benzene rings is 3. The molecule has 4 nitrogen and oxygen atoms in total. The summed E-state index contributed by atoms with van der Waals surface area (Å²) in [7, 11) is 0. The summed E-state index contributed by atoms with van der Waals surface area (Å²) in [4.78, 5) is 21.6. The topological polar surface area (TPSA) is 66.0 Å². The lowest BCUT2D eigenvalue weighted by atomic mass is 9.90. The Morgan fingerprint density at radius 3 is 1.81 bits per heavy atom. The van der Waals surface area contributed by atoms with Crippen LogP contribution in [-0.2, 0) is 0 Å². The Labute approximate surface area is 189 Å². The smallest absolute Gasteiger partial charge is 0.228 e. The average molecular weight is 425 g/mol. The highest BCUT2D eigenvalue weighted by Gasteiger charge is 2.23. The normalized spacial score (nSPS) is 11.3. The molecule has 0 bridgehead atoms. The lowest BCUT2D eigenvalue weighted by Crippen LogP contribution is -2.07. The van der Waals surface area contributed by atoms with Gasteiger partial charge < -0.3 is 10.1 Å². The van der Waals surface area contributed by atoms with Crippen molar-refractivity contribution in [3.8, 4) is 28.3 Å². The number of nitrogens with zero attached hydrogens (tertiary/aromatic N) is 1. The van der Waals surface area contributed by atoms with Crippen molar-refractivity contribution in [1.82, 2.24) is 9.97 Å². The summed E-state index contributed by atoms with van der Waals surface area (Å²) >= 11 is 0. The van der Waals surface area contributed by atoms with Gasteiger partial charge in [-0.15, -0.1) is 0 Å². The van der Waals surface area contributed by atoms with Crippen molar-refractivity contribution < 1.29 is 9.90 Å². The predicted molar refractivity (Wildman–Crippen MR) is 129 cm³/mol. The fourth-order valence-electron chi connectivity index (χ4n) is 3.93. The van der Waals surface area contributed by atoms with Crippen LogP contribution in [0.1, 0.15) is 66.8 Å². The van der Waals surface area contributed by atoms with E-state index in [1.807, 2.05) is 88.4 Å². The second-order valence-corrected chi connectivity index (χ2v) is 8.68. The minimum Gasteiger partial charge on any atom is -0.507 e. The largest absolute Gasteiger partial charge is 0.507 e. The summed E-state index contributed by atoms with van der Waals surface area (Å²) < 4.78 is 0. The van der Waals surface area contributed by atoms with Gasteiger partial charge in [0.25, 0.3) is 0 Å². The van der Waals surface area contributed by atoms with Gasteiger partial charge in [-0.25, -0.2) is 4.98 Å². The number of aromatic nitrogens is 2. The first kappa shape index (κ1) is 21.6. The molecule has 3 aromatic carbocycles. The van der Waals surface area contributed by atoms with E-state index >= 15 is 0 Å². The third kappa shape index (κ3) is 4.09. The summed E-state index contributed by atoms with van der Waals surface area (Å²) in [6.07, 6.45) is 0. The monoisotopic (exact) mass is 424 g/mol. The Balaban J connectivity index is 1.86. The minimum atomic E-state index is -0.187. The molecule has 0 atom stereocenters. The van der Waals surface area contributed by atoms with E-state index in [9.17, 15) is 9.90 Å². The Morgan fingerprint density at radius 1 is 0.812 bits per heavy atom. The van der Waals surface area contributed by atoms with Crippen LogP contribution in [0.15, 0.2) is 72.8 Å². The van der Waals surface area contributed by atoms with Gasteiger partial charge in [-0.3, -0.25) is 4.79 Å². The number of hydrogen-bond donors (Lipinski definition) is 2. The molecule has 1 heterocycles. The predicted octanol–water partition coefficient (Wildman–Crippen LogP) is 6.93. The molecule has 0 radical (unpaired) electrons. The van der Waals surface area contributed by atoms with Gasteiger partial charge in [0, 0.05) is 16.7 Å². The van der Waals surface area contributed by atoms with Crippen LogP contribution in [0.3, 0.4) is 0 Å². The maximum atomic E-state index is 13.6. The summed E-state index contributed by atoms with van der Waals surface area (Å²) in [5, 5.41) is 10.7. The third-order valence-corrected chi connectivity index (χ3v) is 5.70. The molecular formula is C28H28N2O2. The minimum absolute atomic E-state index is 0.0941. The summed E-state index contributed by atoms with van der Waals surface area (Å²) in [6, 6.07) is 23.4. The van der Waals surface area contributed by atoms with Crippen molar-refractivity contribution in [2.24, 2.45) is 0 Å². The third-order valence-electron chi connectivity index (χ3n) is 5.70. The highest BCUT2D eigenvalue weighted by Crippen LogP contribution is 2.36. The van der Waals surface area contributed by atoms with Crippen LogP contribution in [-0.4, -0.2) is 20.9 Å². The number of imidazole rings is 1. The van der Waals surface area contributed by atoms with Crippen molar-refractivity contribution in [2.75, 3.05) is 0 Å². The number of carbonyl (C=O) groups excluding carboxylic acids is 1. The fourth-order valence-corrected chi connectivity index (χ4v) is 3.93. The molecule has 4 heteroatoms. The van der Waals surface area contributed by atoms with E-state index in [0.717, 1.165) is 33.6 Å². The molecule has 0 aliphatic carbocycles. The summed E-state index contributed by atoms with van der Waals surface area (Å²) in [6.45, 7) is 8.06. The molecule has 0 aliphatic heterocycles. The lowest BCUT2D eigenvalue weighted by molar-refractivity contribution is 0.103. The number of hydrogen-bond acceptors (Lipinski definition) is 3. The molecule has 0 saturated carbocycles. The van der Waals surface area contributed by atoms with Crippen LogP contribution in [0.25, 0.3) is 22.5 Å². The zero-order chi connectivity index (χ0) is 22.8. The molecule has 0 saturated heterocycles. The highest BCUT2D eigenvalue weighted by atomic mass is 16.3. The van der Waals surface area contributed by atoms with E-state index in [4.69, 9.17) is 4.98 Å². The number of aromatic hydroxyl groups is 1. The molecule has 0 amide bonds. The molecule has 0 unspecified atom stereocenters. The number of ketones is 1. The van der Waals surface area contributed by atoms with Crippen LogP contribution in [0, 0.1) is 0 Å². The molecule has 162 valence electrons. The van der Waals surface area contributed by atoms with E-state index < -0.39 is 0 Å². The molecule has 0 fully saturated rings. The molecule has 0 aliphatic rings. The van der Waals surface area contributed by atoms with Crippen LogP contribution in [0.5, 0.6) is 5.75 Å². The van der Waals surface area contributed by atoms with E-state index in [1.165, 1.54) is 0 Å². The van der Waals surface area contributed by atoms with E-state index in [2.05, 4.69) is 4.98 Å². The molecule has 0 spiro atoms. The van der Waals surface area contributed by atoms with Crippen molar-refractivity contribution in [3.05, 3.63) is 95.3 Å². The number of carbonyl (C=O) groups is 1. The van der Waals surface area contributed by atoms with Crippen molar-refractivity contribution in [2.45, 2.75) is 39.5 Å². The highest BCUT2D eigenvalue weighted by molar-refractivity contribution is 6.08. The SMILES string of the molecule is CC(C)c1cc(C(=O)c2nc(-c3ccccc3)c(-c3ccccc3)[nH]2)cc(C(C)C)c1O. The zero-order valence-corrected chi connectivity index (χ0v) is 18.9. The van der Waals surface area contributed by atoms with E-state index in [-0.39, 0.29) is 29.2 Å². The Bertz CT molecular complexity index is 1150. The maximum absolute atomic E-state index is 13.6. The Kier molecular flexibility index (Phi) is 5.95. The zero-order valence-electron chi connectivity index (χ0n) is 18.9. The van der Waals surface area contributed by atoms with E-state index in [1.54, 1.807) is 12.1 Å². The molecule has 4 aromatic rings. The van der Waals surface area contributed by atoms with Crippen LogP contribution in [0.2, 0.25) is 0 Å². The Morgan fingerprint density at radius 2 is 1.31 bits per heavy atom. The summed E-state index contributed by atoms with van der Waals surface area (Å²) in [5.74, 6) is 0.570. The average Bonchev–Trinajstić information content (AvgIpc) is 3.25. The quantitative estimate of drug-likeness (QED) is 0.330. The first-order valence-corrected chi connectivity index (χ1v) is 11.0. The van der Waals surface area contributed by atoms with E-state index in [0.29, 0.717) is 5.56 Å². The van der Waals surface area contributed by atoms with Crippen molar-refractivity contribution in [3.63, 3.8) is 0 Å². The van der Waals surface area contributed by atoms with Gasteiger partial charge in [0.05, 0.1) is 11.4 Å². The van der Waals surface area contributed by atoms with Gasteiger partial charge in [0.15, 0.2) is 5.82 Å². The van der Waals surface area contributed by atoms with Crippen LogP contribution >= 0.6 is 0 Å². The number of phenolic OH excluding ortho intramolecular Hbond substituents is 1. The lowest BCUT2D eigenvalue weighted by Gasteiger charge is -2.16. The number of aromatic amines is 1. The summed E-state index contributed by atoms with van der Waals surface area (Å²) in [5.41, 5.74) is 5.55. The standard InChI is InChI=1S/C28H28N2O2/c1-17(2)22-15-21(16-23(18(3)4)27(22)32)26(31)28-29-24(19-11-7-5-8-12-19)25(30-28)20-13-9-6-10-14-20/h5-18,32H,1-4H3,(H,29,30). The van der Waals surface area contributed by atoms with Crippen LogP contribution < -0.4 is 0 Å². The first-order chi connectivity index (χ1) is 15.4. The van der Waals surface area contributed by atoms with Gasteiger partial charge >= 0.3 is 0 Å². The first-order valence-electron chi connectivity index (χ1n) is 11.0. The van der Waals surface area contributed by atoms with Gasteiger partial charge in [-0.1, -0.05) is 88.4 Å². The molecule has 32 heavy (non-hydrogen) atoms. The molecule has 4 rings (SSSR count). The Hall–Kier alpha value is -3.66. The number of H-pyrrole nitrogens is 1. The number of rotatable bonds is 6. The maximum Gasteiger partial charge on any atom is 0.228 e. The number of phenols is 1. The van der Waals surface area contributed by atoms with Gasteiger partial charge in [0.1, 0.15) is 5.75 Å². The van der Waals surface area contributed by atoms with Gasteiger partial charge in [-0.05, 0) is 35.1 Å². The molecule has 1 aromatic heterocycles.